The molecule has 1 heterocycles. The van der Waals surface area contributed by atoms with Crippen molar-refractivity contribution >= 4 is 15.9 Å². The van der Waals surface area contributed by atoms with Gasteiger partial charge in [-0.3, -0.25) is 4.79 Å². The molecule has 1 aliphatic rings. The van der Waals surface area contributed by atoms with Gasteiger partial charge in [-0.2, -0.15) is 4.31 Å². The van der Waals surface area contributed by atoms with Gasteiger partial charge in [0.25, 0.3) is 0 Å². The zero-order valence-electron chi connectivity index (χ0n) is 16.8. The van der Waals surface area contributed by atoms with Crippen LogP contribution in [0.2, 0.25) is 0 Å². The molecule has 27 heavy (non-hydrogen) atoms. The van der Waals surface area contributed by atoms with Crippen LogP contribution in [0, 0.1) is 6.92 Å². The van der Waals surface area contributed by atoms with Crippen molar-refractivity contribution in [3.05, 3.63) is 29.8 Å². The molecule has 7 heteroatoms. The summed E-state index contributed by atoms with van der Waals surface area (Å²) in [6.45, 7) is 6.66. The van der Waals surface area contributed by atoms with Gasteiger partial charge in [-0.25, -0.2) is 8.42 Å². The lowest BCUT2D eigenvalue weighted by atomic mass is 10.00. The number of nitrogens with one attached hydrogen (secondary N) is 1. The molecular weight excluding hydrogens is 362 g/mol. The predicted octanol–water partition coefficient (Wildman–Crippen LogP) is 2.39. The maximum Gasteiger partial charge on any atom is 0.243 e. The summed E-state index contributed by atoms with van der Waals surface area (Å²) in [5, 5.41) is 2.85. The second-order valence-electron chi connectivity index (χ2n) is 7.37. The van der Waals surface area contributed by atoms with Crippen LogP contribution in [0.3, 0.4) is 0 Å². The van der Waals surface area contributed by atoms with Crippen molar-refractivity contribution < 1.29 is 13.2 Å². The Labute approximate surface area is 164 Å². The molecule has 0 aromatic heterocycles. The molecule has 0 spiro atoms. The Balaban J connectivity index is 1.75. The molecule has 1 aromatic rings. The highest BCUT2D eigenvalue weighted by Crippen LogP contribution is 2.19. The molecule has 1 unspecified atom stereocenters. The first-order valence-electron chi connectivity index (χ1n) is 9.88. The van der Waals surface area contributed by atoms with Crippen molar-refractivity contribution in [3.63, 3.8) is 0 Å². The molecule has 1 amide bonds. The van der Waals surface area contributed by atoms with Crippen molar-refractivity contribution in [2.45, 2.75) is 56.9 Å². The van der Waals surface area contributed by atoms with Crippen LogP contribution in [0.5, 0.6) is 0 Å². The Morgan fingerprint density at radius 3 is 2.63 bits per heavy atom. The molecule has 1 fully saturated rings. The van der Waals surface area contributed by atoms with Crippen LogP contribution >= 0.6 is 0 Å². The number of piperidine rings is 1. The number of aryl methyl sites for hydroxylation is 1. The number of hydrogen-bond acceptors (Lipinski definition) is 4. The molecule has 2 rings (SSSR count). The molecule has 0 aliphatic carbocycles. The van der Waals surface area contributed by atoms with E-state index in [1.165, 1.54) is 32.7 Å². The van der Waals surface area contributed by atoms with Crippen LogP contribution in [0.4, 0.5) is 0 Å². The van der Waals surface area contributed by atoms with Gasteiger partial charge in [-0.05, 0) is 51.3 Å². The fraction of sp³-hybridized carbons (Fsp3) is 0.650. The van der Waals surface area contributed by atoms with Crippen LogP contribution in [-0.2, 0) is 14.8 Å². The number of nitrogens with zero attached hydrogens (tertiary/aromatic N) is 2. The van der Waals surface area contributed by atoms with Crippen molar-refractivity contribution in [2.24, 2.45) is 0 Å². The topological polar surface area (TPSA) is 69.7 Å². The van der Waals surface area contributed by atoms with Gasteiger partial charge in [0.05, 0.1) is 11.4 Å². The van der Waals surface area contributed by atoms with E-state index >= 15 is 0 Å². The minimum Gasteiger partial charge on any atom is -0.355 e. The van der Waals surface area contributed by atoms with Gasteiger partial charge in [0, 0.05) is 26.2 Å². The van der Waals surface area contributed by atoms with Crippen LogP contribution < -0.4 is 5.32 Å². The SMILES string of the molecule is CCC1CCCCN1CCCNC(=O)CN(C)S(=O)(=O)c1ccc(C)cc1. The monoisotopic (exact) mass is 395 g/mol. The summed E-state index contributed by atoms with van der Waals surface area (Å²) >= 11 is 0. The molecule has 1 atom stereocenters. The zero-order valence-corrected chi connectivity index (χ0v) is 17.6. The van der Waals surface area contributed by atoms with Gasteiger partial charge in [-0.15, -0.1) is 0 Å². The standard InChI is InChI=1S/C20H33N3O3S/c1-4-18-8-5-6-14-23(18)15-7-13-21-20(24)16-22(3)27(25,26)19-11-9-17(2)10-12-19/h9-12,18H,4-8,13-16H2,1-3H3,(H,21,24). The van der Waals surface area contributed by atoms with E-state index in [-0.39, 0.29) is 17.3 Å². The third-order valence-corrected chi connectivity index (χ3v) is 7.08. The highest BCUT2D eigenvalue weighted by molar-refractivity contribution is 7.89. The maximum absolute atomic E-state index is 12.5. The number of likely N-dealkylation sites (N-methyl/N-ethyl adjacent to an activating group) is 1. The first kappa shape index (κ1) is 21.9. The molecule has 0 saturated carbocycles. The van der Waals surface area contributed by atoms with Gasteiger partial charge >= 0.3 is 0 Å². The number of carbonyl (C=O) groups excluding carboxylic acids is 1. The third-order valence-electron chi connectivity index (χ3n) is 5.26. The molecular formula is C20H33N3O3S. The average Bonchev–Trinajstić information content (AvgIpc) is 2.65. The first-order valence-corrected chi connectivity index (χ1v) is 11.3. The summed E-state index contributed by atoms with van der Waals surface area (Å²) < 4.78 is 26.1. The normalized spacial score (nSPS) is 18.6. The number of hydrogen-bond donors (Lipinski definition) is 1. The fourth-order valence-corrected chi connectivity index (χ4v) is 4.69. The highest BCUT2D eigenvalue weighted by Gasteiger charge is 2.23. The van der Waals surface area contributed by atoms with Crippen LogP contribution in [0.25, 0.3) is 0 Å². The number of sulfonamides is 1. The lowest BCUT2D eigenvalue weighted by Crippen LogP contribution is -2.42. The van der Waals surface area contributed by atoms with Crippen molar-refractivity contribution in [1.82, 2.24) is 14.5 Å². The summed E-state index contributed by atoms with van der Waals surface area (Å²) in [7, 11) is -2.21. The molecule has 6 nitrogen and oxygen atoms in total. The van der Waals surface area contributed by atoms with Crippen LogP contribution in [-0.4, -0.2) is 62.8 Å². The van der Waals surface area contributed by atoms with Gasteiger partial charge in [0.1, 0.15) is 0 Å². The number of amides is 1. The number of benzene rings is 1. The quantitative estimate of drug-likeness (QED) is 0.652. The Bertz CT molecular complexity index is 704. The minimum absolute atomic E-state index is 0.169. The van der Waals surface area contributed by atoms with Crippen LogP contribution in [0.15, 0.2) is 29.2 Å². The van der Waals surface area contributed by atoms with E-state index in [0.29, 0.717) is 12.6 Å². The molecule has 1 aromatic carbocycles. The average molecular weight is 396 g/mol. The second-order valence-corrected chi connectivity index (χ2v) is 9.42. The Morgan fingerprint density at radius 2 is 1.96 bits per heavy atom. The fourth-order valence-electron chi connectivity index (χ4n) is 3.56. The molecule has 1 saturated heterocycles. The Kier molecular flexibility index (Phi) is 8.26. The molecule has 152 valence electrons. The summed E-state index contributed by atoms with van der Waals surface area (Å²) in [6, 6.07) is 7.32. The summed E-state index contributed by atoms with van der Waals surface area (Å²) in [5.41, 5.74) is 0.994. The second kappa shape index (κ2) is 10.2. The van der Waals surface area contributed by atoms with E-state index in [1.54, 1.807) is 24.3 Å². The predicted molar refractivity (Wildman–Crippen MR) is 108 cm³/mol. The largest absolute Gasteiger partial charge is 0.355 e. The smallest absolute Gasteiger partial charge is 0.243 e. The van der Waals surface area contributed by atoms with Crippen molar-refractivity contribution in [1.29, 1.82) is 0 Å². The Morgan fingerprint density at radius 1 is 1.26 bits per heavy atom. The lowest BCUT2D eigenvalue weighted by Gasteiger charge is -2.35. The maximum atomic E-state index is 12.5. The third kappa shape index (κ3) is 6.30. The van der Waals surface area contributed by atoms with E-state index in [2.05, 4.69) is 17.1 Å². The van der Waals surface area contributed by atoms with E-state index < -0.39 is 10.0 Å². The summed E-state index contributed by atoms with van der Waals surface area (Å²) in [4.78, 5) is 14.9. The Hall–Kier alpha value is -1.44. The number of rotatable bonds is 9. The van der Waals surface area contributed by atoms with E-state index in [1.807, 2.05) is 6.92 Å². The van der Waals surface area contributed by atoms with Crippen molar-refractivity contribution in [2.75, 3.05) is 33.2 Å². The van der Waals surface area contributed by atoms with E-state index in [0.717, 1.165) is 29.4 Å². The van der Waals surface area contributed by atoms with Gasteiger partial charge in [0.2, 0.25) is 15.9 Å². The summed E-state index contributed by atoms with van der Waals surface area (Å²) in [5.74, 6) is -0.265. The minimum atomic E-state index is -3.64. The lowest BCUT2D eigenvalue weighted by molar-refractivity contribution is -0.121. The highest BCUT2D eigenvalue weighted by atomic mass is 32.2. The molecule has 0 bridgehead atoms. The van der Waals surface area contributed by atoms with Crippen LogP contribution in [0.1, 0.15) is 44.6 Å². The molecule has 1 aliphatic heterocycles. The van der Waals surface area contributed by atoms with Gasteiger partial charge < -0.3 is 10.2 Å². The van der Waals surface area contributed by atoms with E-state index in [4.69, 9.17) is 0 Å². The van der Waals surface area contributed by atoms with Crippen molar-refractivity contribution in [3.8, 4) is 0 Å². The van der Waals surface area contributed by atoms with Gasteiger partial charge in [-0.1, -0.05) is 31.0 Å². The van der Waals surface area contributed by atoms with E-state index in [9.17, 15) is 13.2 Å². The first-order chi connectivity index (χ1) is 12.8. The van der Waals surface area contributed by atoms with Gasteiger partial charge in [0.15, 0.2) is 0 Å². The molecule has 1 N–H and O–H groups in total. The number of carbonyl (C=O) groups is 1. The molecule has 0 radical (unpaired) electrons. The zero-order chi connectivity index (χ0) is 19.9. The number of likely N-dealkylation sites (tertiary alicyclic amines) is 1. The summed E-state index contributed by atoms with van der Waals surface area (Å²) in [6.07, 6.45) is 5.90.